The lowest BCUT2D eigenvalue weighted by molar-refractivity contribution is -0.121. The van der Waals surface area contributed by atoms with E-state index in [4.69, 9.17) is 11.6 Å². The topological polar surface area (TPSA) is 46.9 Å². The second-order valence-electron chi connectivity index (χ2n) is 6.26. The zero-order valence-electron chi connectivity index (χ0n) is 15.1. The standard InChI is InChI=1S/C21H22ClN3OS/c1-16(17-4-8-19(9-5-17)25-13-12-23-15-25)24-21(26)3-2-14-27-20-10-6-18(22)7-11-20/h4-13,15-16H,2-3,14H2,1H3,(H,24,26)/t16-/m0/s1. The van der Waals surface area contributed by atoms with Crippen LogP contribution in [0.1, 0.15) is 31.4 Å². The molecule has 1 heterocycles. The molecule has 0 aliphatic heterocycles. The third kappa shape index (κ3) is 5.88. The van der Waals surface area contributed by atoms with Crippen LogP contribution >= 0.6 is 23.4 Å². The van der Waals surface area contributed by atoms with E-state index in [1.54, 1.807) is 24.3 Å². The number of thioether (sulfide) groups is 1. The molecule has 0 fully saturated rings. The Hall–Kier alpha value is -2.24. The molecular weight excluding hydrogens is 378 g/mol. The van der Waals surface area contributed by atoms with Crippen LogP contribution in [0.2, 0.25) is 5.02 Å². The number of carbonyl (C=O) groups is 1. The van der Waals surface area contributed by atoms with E-state index in [1.807, 2.05) is 66.2 Å². The Balaban J connectivity index is 1.41. The number of nitrogens with zero attached hydrogens (tertiary/aromatic N) is 2. The summed E-state index contributed by atoms with van der Waals surface area (Å²) in [6.07, 6.45) is 6.79. The maximum absolute atomic E-state index is 12.2. The summed E-state index contributed by atoms with van der Waals surface area (Å²) < 4.78 is 1.95. The lowest BCUT2D eigenvalue weighted by atomic mass is 10.1. The highest BCUT2D eigenvalue weighted by Crippen LogP contribution is 2.21. The number of amides is 1. The zero-order valence-corrected chi connectivity index (χ0v) is 16.7. The van der Waals surface area contributed by atoms with Crippen LogP contribution in [0.25, 0.3) is 5.69 Å². The fourth-order valence-corrected chi connectivity index (χ4v) is 3.68. The van der Waals surface area contributed by atoms with E-state index < -0.39 is 0 Å². The van der Waals surface area contributed by atoms with E-state index in [-0.39, 0.29) is 11.9 Å². The average Bonchev–Trinajstić information content (AvgIpc) is 3.21. The van der Waals surface area contributed by atoms with E-state index in [1.165, 1.54) is 4.90 Å². The van der Waals surface area contributed by atoms with Gasteiger partial charge in [0, 0.05) is 34.4 Å². The lowest BCUT2D eigenvalue weighted by Gasteiger charge is -2.15. The summed E-state index contributed by atoms with van der Waals surface area (Å²) in [7, 11) is 0. The molecule has 6 heteroatoms. The van der Waals surface area contributed by atoms with Gasteiger partial charge in [-0.15, -0.1) is 11.8 Å². The summed E-state index contributed by atoms with van der Waals surface area (Å²) in [5.41, 5.74) is 2.14. The van der Waals surface area contributed by atoms with Crippen molar-refractivity contribution in [2.75, 3.05) is 5.75 Å². The van der Waals surface area contributed by atoms with Crippen molar-refractivity contribution < 1.29 is 4.79 Å². The van der Waals surface area contributed by atoms with Crippen molar-refractivity contribution in [1.82, 2.24) is 14.9 Å². The Labute approximate surface area is 169 Å². The highest BCUT2D eigenvalue weighted by atomic mass is 35.5. The number of aromatic nitrogens is 2. The molecule has 1 atom stereocenters. The minimum absolute atomic E-state index is 0.0155. The average molecular weight is 400 g/mol. The van der Waals surface area contributed by atoms with Crippen LogP contribution in [0.15, 0.2) is 72.1 Å². The quantitative estimate of drug-likeness (QED) is 0.414. The maximum atomic E-state index is 12.2. The first-order chi connectivity index (χ1) is 13.1. The molecule has 0 saturated carbocycles. The molecule has 0 saturated heterocycles. The fourth-order valence-electron chi connectivity index (χ4n) is 2.70. The number of benzene rings is 2. The van der Waals surface area contributed by atoms with Gasteiger partial charge in [-0.1, -0.05) is 23.7 Å². The van der Waals surface area contributed by atoms with Gasteiger partial charge in [0.25, 0.3) is 0 Å². The van der Waals surface area contributed by atoms with Crippen LogP contribution in [0, 0.1) is 0 Å². The number of rotatable bonds is 8. The predicted octanol–water partition coefficient (Wildman–Crippen LogP) is 5.28. The van der Waals surface area contributed by atoms with Crippen molar-refractivity contribution in [3.05, 3.63) is 77.8 Å². The Kier molecular flexibility index (Phi) is 6.96. The molecule has 0 radical (unpaired) electrons. The Morgan fingerprint density at radius 3 is 2.59 bits per heavy atom. The second kappa shape index (κ2) is 9.62. The molecule has 3 rings (SSSR count). The molecule has 140 valence electrons. The Morgan fingerprint density at radius 1 is 1.19 bits per heavy atom. The number of carbonyl (C=O) groups excluding carboxylic acids is 1. The molecule has 1 amide bonds. The normalized spacial score (nSPS) is 11.9. The van der Waals surface area contributed by atoms with Gasteiger partial charge in [0.15, 0.2) is 0 Å². The number of hydrogen-bond donors (Lipinski definition) is 1. The van der Waals surface area contributed by atoms with E-state index in [9.17, 15) is 4.79 Å². The predicted molar refractivity (Wildman–Crippen MR) is 112 cm³/mol. The van der Waals surface area contributed by atoms with E-state index in [0.717, 1.165) is 28.4 Å². The van der Waals surface area contributed by atoms with E-state index in [0.29, 0.717) is 6.42 Å². The molecule has 0 unspecified atom stereocenters. The Morgan fingerprint density at radius 2 is 1.93 bits per heavy atom. The van der Waals surface area contributed by atoms with Gasteiger partial charge in [-0.05, 0) is 61.1 Å². The third-order valence-electron chi connectivity index (χ3n) is 4.20. The second-order valence-corrected chi connectivity index (χ2v) is 7.86. The monoisotopic (exact) mass is 399 g/mol. The van der Waals surface area contributed by atoms with Crippen LogP contribution < -0.4 is 5.32 Å². The van der Waals surface area contributed by atoms with Crippen molar-refractivity contribution in [2.45, 2.75) is 30.7 Å². The summed E-state index contributed by atoms with van der Waals surface area (Å²) in [6, 6.07) is 15.9. The minimum atomic E-state index is -0.0155. The number of halogens is 1. The first-order valence-corrected chi connectivity index (χ1v) is 10.2. The molecule has 1 N–H and O–H groups in total. The van der Waals surface area contributed by atoms with Crippen molar-refractivity contribution >= 4 is 29.3 Å². The molecule has 0 bridgehead atoms. The summed E-state index contributed by atoms with van der Waals surface area (Å²) in [6.45, 7) is 2.01. The molecule has 27 heavy (non-hydrogen) atoms. The first kappa shape index (κ1) is 19.5. The molecule has 0 spiro atoms. The van der Waals surface area contributed by atoms with Gasteiger partial charge in [0.05, 0.1) is 12.4 Å². The summed E-state index contributed by atoms with van der Waals surface area (Å²) in [4.78, 5) is 17.4. The van der Waals surface area contributed by atoms with Crippen molar-refractivity contribution in [3.8, 4) is 5.69 Å². The smallest absolute Gasteiger partial charge is 0.220 e. The number of hydrogen-bond acceptors (Lipinski definition) is 3. The van der Waals surface area contributed by atoms with Crippen molar-refractivity contribution in [1.29, 1.82) is 0 Å². The highest BCUT2D eigenvalue weighted by molar-refractivity contribution is 7.99. The molecule has 2 aromatic carbocycles. The molecular formula is C21H22ClN3OS. The van der Waals surface area contributed by atoms with E-state index >= 15 is 0 Å². The molecule has 3 aromatic rings. The van der Waals surface area contributed by atoms with Crippen molar-refractivity contribution in [3.63, 3.8) is 0 Å². The van der Waals surface area contributed by atoms with Gasteiger partial charge in [-0.25, -0.2) is 4.98 Å². The first-order valence-electron chi connectivity index (χ1n) is 8.88. The highest BCUT2D eigenvalue weighted by Gasteiger charge is 2.09. The summed E-state index contributed by atoms with van der Waals surface area (Å²) >= 11 is 7.62. The third-order valence-corrected chi connectivity index (χ3v) is 5.55. The van der Waals surface area contributed by atoms with Gasteiger partial charge in [-0.2, -0.15) is 0 Å². The molecule has 1 aromatic heterocycles. The SMILES string of the molecule is C[C@H](NC(=O)CCCSc1ccc(Cl)cc1)c1ccc(-n2ccnc2)cc1. The molecule has 0 aliphatic rings. The fraction of sp³-hybridized carbons (Fsp3) is 0.238. The largest absolute Gasteiger partial charge is 0.350 e. The maximum Gasteiger partial charge on any atom is 0.220 e. The number of imidazole rings is 1. The van der Waals surface area contributed by atoms with Crippen LogP contribution in [0.4, 0.5) is 0 Å². The van der Waals surface area contributed by atoms with Gasteiger partial charge >= 0.3 is 0 Å². The lowest BCUT2D eigenvalue weighted by Crippen LogP contribution is -2.26. The van der Waals surface area contributed by atoms with Crippen LogP contribution in [-0.4, -0.2) is 21.2 Å². The van der Waals surface area contributed by atoms with Crippen LogP contribution in [0.3, 0.4) is 0 Å². The van der Waals surface area contributed by atoms with Gasteiger partial charge in [-0.3, -0.25) is 4.79 Å². The van der Waals surface area contributed by atoms with Gasteiger partial charge < -0.3 is 9.88 Å². The van der Waals surface area contributed by atoms with E-state index in [2.05, 4.69) is 10.3 Å². The number of nitrogens with one attached hydrogen (secondary N) is 1. The Bertz CT molecular complexity index is 848. The summed E-state index contributed by atoms with van der Waals surface area (Å²) in [5, 5.41) is 3.81. The van der Waals surface area contributed by atoms with Gasteiger partial charge in [0.2, 0.25) is 5.91 Å². The summed E-state index contributed by atoms with van der Waals surface area (Å²) in [5.74, 6) is 0.987. The van der Waals surface area contributed by atoms with Crippen molar-refractivity contribution in [2.24, 2.45) is 0 Å². The molecule has 0 aliphatic carbocycles. The van der Waals surface area contributed by atoms with Gasteiger partial charge in [0.1, 0.15) is 0 Å². The van der Waals surface area contributed by atoms with Crippen LogP contribution in [-0.2, 0) is 4.79 Å². The zero-order chi connectivity index (χ0) is 19.1. The van der Waals surface area contributed by atoms with Crippen LogP contribution in [0.5, 0.6) is 0 Å². The minimum Gasteiger partial charge on any atom is -0.350 e. The molecule has 4 nitrogen and oxygen atoms in total.